The molecule has 0 saturated carbocycles. The van der Waals surface area contributed by atoms with Crippen LogP contribution in [0.4, 0.5) is 5.69 Å². The summed E-state index contributed by atoms with van der Waals surface area (Å²) in [5.41, 5.74) is 8.38. The fourth-order valence-corrected chi connectivity index (χ4v) is 3.00. The van der Waals surface area contributed by atoms with Gasteiger partial charge in [-0.3, -0.25) is 0 Å². The van der Waals surface area contributed by atoms with E-state index in [1.165, 1.54) is 33.5 Å². The molecule has 2 nitrogen and oxygen atoms in total. The molecule has 0 bridgehead atoms. The van der Waals surface area contributed by atoms with Crippen LogP contribution in [0.25, 0.3) is 11.1 Å². The molecule has 104 valence electrons. The maximum absolute atomic E-state index is 3.50. The van der Waals surface area contributed by atoms with Crippen LogP contribution >= 0.6 is 0 Å². The van der Waals surface area contributed by atoms with Crippen molar-refractivity contribution in [3.63, 3.8) is 0 Å². The SMILES string of the molecule is Cc1ccc(-c2ccc(N(C)C)cc2)c2c1CCNC2. The lowest BCUT2D eigenvalue weighted by Gasteiger charge is -2.23. The van der Waals surface area contributed by atoms with E-state index in [0.717, 1.165) is 19.5 Å². The van der Waals surface area contributed by atoms with Crippen LogP contribution in [0, 0.1) is 6.92 Å². The van der Waals surface area contributed by atoms with Crippen molar-refractivity contribution in [2.75, 3.05) is 25.5 Å². The Labute approximate surface area is 121 Å². The maximum Gasteiger partial charge on any atom is 0.0361 e. The first-order chi connectivity index (χ1) is 9.66. The van der Waals surface area contributed by atoms with Crippen molar-refractivity contribution < 1.29 is 0 Å². The predicted octanol–water partition coefficient (Wildman–Crippen LogP) is 3.37. The number of benzene rings is 2. The first-order valence-electron chi connectivity index (χ1n) is 7.26. The van der Waals surface area contributed by atoms with Gasteiger partial charge < -0.3 is 10.2 Å². The van der Waals surface area contributed by atoms with Gasteiger partial charge in [-0.05, 0) is 59.8 Å². The van der Waals surface area contributed by atoms with Crippen molar-refractivity contribution in [3.05, 3.63) is 53.1 Å². The normalized spacial score (nSPS) is 13.9. The molecule has 0 aromatic heterocycles. The second-order valence-corrected chi connectivity index (χ2v) is 5.76. The number of aryl methyl sites for hydroxylation is 1. The highest BCUT2D eigenvalue weighted by atomic mass is 15.1. The molecule has 2 aromatic rings. The van der Waals surface area contributed by atoms with Crippen molar-refractivity contribution >= 4 is 5.69 Å². The molecule has 1 heterocycles. The largest absolute Gasteiger partial charge is 0.378 e. The molecule has 1 aliphatic rings. The Kier molecular flexibility index (Phi) is 3.49. The Morgan fingerprint density at radius 1 is 0.950 bits per heavy atom. The molecule has 0 amide bonds. The van der Waals surface area contributed by atoms with Crippen LogP contribution < -0.4 is 10.2 Å². The van der Waals surface area contributed by atoms with Crippen molar-refractivity contribution in [2.45, 2.75) is 19.9 Å². The standard InChI is InChI=1S/C18H22N2/c1-13-4-9-17(18-12-19-11-10-16(13)18)14-5-7-15(8-6-14)20(2)3/h4-9,19H,10-12H2,1-3H3. The lowest BCUT2D eigenvalue weighted by Crippen LogP contribution is -2.25. The zero-order valence-electron chi connectivity index (χ0n) is 12.5. The minimum Gasteiger partial charge on any atom is -0.378 e. The third-order valence-corrected chi connectivity index (χ3v) is 4.21. The van der Waals surface area contributed by atoms with E-state index in [-0.39, 0.29) is 0 Å². The highest BCUT2D eigenvalue weighted by molar-refractivity contribution is 5.71. The van der Waals surface area contributed by atoms with E-state index in [9.17, 15) is 0 Å². The number of rotatable bonds is 2. The highest BCUT2D eigenvalue weighted by Crippen LogP contribution is 2.31. The molecule has 0 saturated heterocycles. The van der Waals surface area contributed by atoms with Crippen LogP contribution in [0.2, 0.25) is 0 Å². The molecule has 0 unspecified atom stereocenters. The summed E-state index contributed by atoms with van der Waals surface area (Å²) in [6.07, 6.45) is 1.14. The first kappa shape index (κ1) is 13.2. The Morgan fingerprint density at radius 3 is 2.40 bits per heavy atom. The first-order valence-corrected chi connectivity index (χ1v) is 7.26. The smallest absolute Gasteiger partial charge is 0.0361 e. The van der Waals surface area contributed by atoms with E-state index in [1.807, 2.05) is 0 Å². The van der Waals surface area contributed by atoms with E-state index in [0.29, 0.717) is 0 Å². The molecule has 0 fully saturated rings. The van der Waals surface area contributed by atoms with Gasteiger partial charge in [-0.25, -0.2) is 0 Å². The van der Waals surface area contributed by atoms with Gasteiger partial charge in [-0.2, -0.15) is 0 Å². The van der Waals surface area contributed by atoms with Gasteiger partial charge in [0.1, 0.15) is 0 Å². The summed E-state index contributed by atoms with van der Waals surface area (Å²) < 4.78 is 0. The van der Waals surface area contributed by atoms with Crippen LogP contribution in [0.15, 0.2) is 36.4 Å². The second kappa shape index (κ2) is 5.29. The van der Waals surface area contributed by atoms with E-state index in [1.54, 1.807) is 0 Å². The molecule has 0 radical (unpaired) electrons. The Balaban J connectivity index is 2.06. The lowest BCUT2D eigenvalue weighted by atomic mass is 9.89. The molecule has 3 rings (SSSR count). The number of nitrogens with zero attached hydrogens (tertiary/aromatic N) is 1. The summed E-state index contributed by atoms with van der Waals surface area (Å²) in [5.74, 6) is 0. The number of nitrogens with one attached hydrogen (secondary N) is 1. The Morgan fingerprint density at radius 2 is 1.70 bits per heavy atom. The number of hydrogen-bond donors (Lipinski definition) is 1. The zero-order chi connectivity index (χ0) is 14.1. The van der Waals surface area contributed by atoms with Crippen LogP contribution in [0.1, 0.15) is 16.7 Å². The average molecular weight is 266 g/mol. The number of hydrogen-bond acceptors (Lipinski definition) is 2. The summed E-state index contributed by atoms with van der Waals surface area (Å²) in [6, 6.07) is 13.4. The van der Waals surface area contributed by atoms with Gasteiger partial charge in [-0.15, -0.1) is 0 Å². The van der Waals surface area contributed by atoms with E-state index >= 15 is 0 Å². The van der Waals surface area contributed by atoms with Gasteiger partial charge in [0.2, 0.25) is 0 Å². The monoisotopic (exact) mass is 266 g/mol. The molecule has 2 aromatic carbocycles. The van der Waals surface area contributed by atoms with Crippen molar-refractivity contribution in [1.82, 2.24) is 5.32 Å². The van der Waals surface area contributed by atoms with Gasteiger partial charge in [-0.1, -0.05) is 24.3 Å². The molecule has 20 heavy (non-hydrogen) atoms. The zero-order valence-corrected chi connectivity index (χ0v) is 12.5. The van der Waals surface area contributed by atoms with Gasteiger partial charge >= 0.3 is 0 Å². The lowest BCUT2D eigenvalue weighted by molar-refractivity contribution is 0.642. The summed E-state index contributed by atoms with van der Waals surface area (Å²) >= 11 is 0. The van der Waals surface area contributed by atoms with Crippen molar-refractivity contribution in [3.8, 4) is 11.1 Å². The van der Waals surface area contributed by atoms with Gasteiger partial charge in [0.05, 0.1) is 0 Å². The van der Waals surface area contributed by atoms with E-state index in [4.69, 9.17) is 0 Å². The van der Waals surface area contributed by atoms with E-state index < -0.39 is 0 Å². The minimum atomic E-state index is 0.988. The number of anilines is 1. The summed E-state index contributed by atoms with van der Waals surface area (Å²) in [4.78, 5) is 2.13. The fourth-order valence-electron chi connectivity index (χ4n) is 3.00. The fraction of sp³-hybridized carbons (Fsp3) is 0.333. The van der Waals surface area contributed by atoms with Crippen LogP contribution in [-0.2, 0) is 13.0 Å². The maximum atomic E-state index is 3.50. The van der Waals surface area contributed by atoms with Gasteiger partial charge in [0.15, 0.2) is 0 Å². The molecule has 2 heteroatoms. The van der Waals surface area contributed by atoms with Crippen LogP contribution in [0.3, 0.4) is 0 Å². The average Bonchev–Trinajstić information content (AvgIpc) is 2.48. The molecule has 1 N–H and O–H groups in total. The predicted molar refractivity (Wildman–Crippen MR) is 86.4 cm³/mol. The van der Waals surface area contributed by atoms with Crippen LogP contribution in [0.5, 0.6) is 0 Å². The van der Waals surface area contributed by atoms with Gasteiger partial charge in [0.25, 0.3) is 0 Å². The third kappa shape index (κ3) is 2.32. The molecular formula is C18H22N2. The quantitative estimate of drug-likeness (QED) is 0.896. The topological polar surface area (TPSA) is 15.3 Å². The summed E-state index contributed by atoms with van der Waals surface area (Å²) in [5, 5.41) is 3.50. The molecule has 0 spiro atoms. The highest BCUT2D eigenvalue weighted by Gasteiger charge is 2.15. The molecule has 0 atom stereocenters. The molecule has 1 aliphatic heterocycles. The number of fused-ring (bicyclic) bond motifs is 1. The Bertz CT molecular complexity index is 612. The summed E-state index contributed by atoms with van der Waals surface area (Å²) in [6.45, 7) is 4.31. The van der Waals surface area contributed by atoms with Gasteiger partial charge in [0, 0.05) is 26.3 Å². The minimum absolute atomic E-state index is 0.988. The Hall–Kier alpha value is -1.80. The molecule has 0 aliphatic carbocycles. The van der Waals surface area contributed by atoms with E-state index in [2.05, 4.69) is 67.6 Å². The second-order valence-electron chi connectivity index (χ2n) is 5.76. The molecular weight excluding hydrogens is 244 g/mol. The van der Waals surface area contributed by atoms with Crippen LogP contribution in [-0.4, -0.2) is 20.6 Å². The summed E-state index contributed by atoms with van der Waals surface area (Å²) in [7, 11) is 4.15. The third-order valence-electron chi connectivity index (χ3n) is 4.21. The van der Waals surface area contributed by atoms with Crippen molar-refractivity contribution in [2.24, 2.45) is 0 Å². The van der Waals surface area contributed by atoms with Crippen molar-refractivity contribution in [1.29, 1.82) is 0 Å².